The number of carboxylic acids is 1. The lowest BCUT2D eigenvalue weighted by atomic mass is 9.73. The molecule has 2 aromatic carbocycles. The molecule has 1 unspecified atom stereocenters. The molecule has 1 atom stereocenters. The van der Waals surface area contributed by atoms with Crippen LogP contribution in [0, 0.1) is 6.92 Å². The number of hydrogen-bond donors (Lipinski definition) is 2. The van der Waals surface area contributed by atoms with E-state index < -0.39 is 11.4 Å². The lowest BCUT2D eigenvalue weighted by Crippen LogP contribution is -2.48. The van der Waals surface area contributed by atoms with E-state index in [2.05, 4.69) is 12.2 Å². The molecule has 0 radical (unpaired) electrons. The fourth-order valence-corrected chi connectivity index (χ4v) is 4.28. The van der Waals surface area contributed by atoms with E-state index >= 15 is 0 Å². The predicted octanol–water partition coefficient (Wildman–Crippen LogP) is 4.80. The first-order valence-corrected chi connectivity index (χ1v) is 11.3. The van der Waals surface area contributed by atoms with Crippen molar-refractivity contribution >= 4 is 11.9 Å². The zero-order valence-corrected chi connectivity index (χ0v) is 19.1. The van der Waals surface area contributed by atoms with Gasteiger partial charge in [-0.2, -0.15) is 0 Å². The van der Waals surface area contributed by atoms with Crippen LogP contribution in [0.25, 0.3) is 0 Å². The minimum atomic E-state index is -0.959. The van der Waals surface area contributed by atoms with Crippen molar-refractivity contribution in [3.63, 3.8) is 0 Å². The van der Waals surface area contributed by atoms with Crippen molar-refractivity contribution < 1.29 is 24.2 Å². The molecule has 0 saturated carbocycles. The van der Waals surface area contributed by atoms with Crippen LogP contribution in [0.3, 0.4) is 0 Å². The number of hydrogen-bond acceptors (Lipinski definition) is 4. The number of carbonyl (C=O) groups is 2. The fourth-order valence-electron chi connectivity index (χ4n) is 4.28. The van der Waals surface area contributed by atoms with Gasteiger partial charge in [0.15, 0.2) is 0 Å². The van der Waals surface area contributed by atoms with Gasteiger partial charge in [-0.25, -0.2) is 4.79 Å². The zero-order chi connectivity index (χ0) is 23.1. The quantitative estimate of drug-likeness (QED) is 0.549. The van der Waals surface area contributed by atoms with Gasteiger partial charge in [0.25, 0.3) is 0 Å². The largest absolute Gasteiger partial charge is 0.494 e. The summed E-state index contributed by atoms with van der Waals surface area (Å²) in [4.78, 5) is 24.8. The molecule has 0 aromatic heterocycles. The number of rotatable bonds is 9. The van der Waals surface area contributed by atoms with Gasteiger partial charge in [-0.15, -0.1) is 0 Å². The Balaban J connectivity index is 1.79. The molecule has 1 aliphatic rings. The Bertz CT molecular complexity index is 932. The molecule has 1 aliphatic heterocycles. The highest BCUT2D eigenvalue weighted by Crippen LogP contribution is 2.37. The molecule has 0 bridgehead atoms. The van der Waals surface area contributed by atoms with Crippen LogP contribution >= 0.6 is 0 Å². The highest BCUT2D eigenvalue weighted by atomic mass is 16.5. The van der Waals surface area contributed by atoms with E-state index in [0.29, 0.717) is 32.7 Å². The molecule has 2 aromatic rings. The normalized spacial score (nSPS) is 16.2. The minimum absolute atomic E-state index is 0.0327. The smallest absolute Gasteiger partial charge is 0.335 e. The van der Waals surface area contributed by atoms with E-state index in [-0.39, 0.29) is 17.5 Å². The third-order valence-electron chi connectivity index (χ3n) is 6.29. The van der Waals surface area contributed by atoms with Crippen molar-refractivity contribution in [2.75, 3.05) is 19.8 Å². The molecular formula is C26H33NO5. The molecule has 1 heterocycles. The highest BCUT2D eigenvalue weighted by Gasteiger charge is 2.42. The molecular weight excluding hydrogens is 406 g/mol. The number of ether oxygens (including phenoxy) is 2. The number of nitrogens with one attached hydrogen (secondary N) is 1. The van der Waals surface area contributed by atoms with E-state index in [1.165, 1.54) is 0 Å². The molecule has 6 nitrogen and oxygen atoms in total. The lowest BCUT2D eigenvalue weighted by molar-refractivity contribution is -0.131. The SMILES string of the molecule is CCCCOc1ccc(C2(C(=O)NC(C)c3ccc(C(=O)O)cc3C)CCOCC2)cc1. The monoisotopic (exact) mass is 439 g/mol. The van der Waals surface area contributed by atoms with E-state index in [1.807, 2.05) is 38.1 Å². The Hall–Kier alpha value is -2.86. The summed E-state index contributed by atoms with van der Waals surface area (Å²) in [5.74, 6) is -0.179. The topological polar surface area (TPSA) is 84.9 Å². The first kappa shape index (κ1) is 23.8. The average molecular weight is 440 g/mol. The zero-order valence-electron chi connectivity index (χ0n) is 19.1. The van der Waals surface area contributed by atoms with Crippen molar-refractivity contribution in [2.24, 2.45) is 0 Å². The Morgan fingerprint density at radius 2 is 1.84 bits per heavy atom. The molecule has 172 valence electrons. The number of amides is 1. The summed E-state index contributed by atoms with van der Waals surface area (Å²) in [7, 11) is 0. The van der Waals surface area contributed by atoms with Crippen LogP contribution in [-0.4, -0.2) is 36.8 Å². The molecule has 2 N–H and O–H groups in total. The van der Waals surface area contributed by atoms with Gasteiger partial charge in [0.1, 0.15) is 5.75 Å². The summed E-state index contributed by atoms with van der Waals surface area (Å²) in [6.07, 6.45) is 3.31. The van der Waals surface area contributed by atoms with E-state index in [0.717, 1.165) is 35.3 Å². The van der Waals surface area contributed by atoms with Crippen LogP contribution < -0.4 is 10.1 Å². The molecule has 1 amide bonds. The van der Waals surface area contributed by atoms with Crippen molar-refractivity contribution in [1.82, 2.24) is 5.32 Å². The Morgan fingerprint density at radius 1 is 1.16 bits per heavy atom. The van der Waals surface area contributed by atoms with Crippen LogP contribution in [0.4, 0.5) is 0 Å². The molecule has 0 spiro atoms. The van der Waals surface area contributed by atoms with Crippen LogP contribution in [-0.2, 0) is 14.9 Å². The summed E-state index contributed by atoms with van der Waals surface area (Å²) in [6.45, 7) is 7.67. The predicted molar refractivity (Wildman–Crippen MR) is 123 cm³/mol. The average Bonchev–Trinajstić information content (AvgIpc) is 2.79. The summed E-state index contributed by atoms with van der Waals surface area (Å²) in [5.41, 5.74) is 2.29. The standard InChI is InChI=1S/C26H33NO5/c1-4-5-14-32-22-9-7-21(8-10-22)26(12-15-31-16-13-26)25(30)27-19(3)23-11-6-20(24(28)29)17-18(23)2/h6-11,17,19H,4-5,12-16H2,1-3H3,(H,27,30)(H,28,29). The number of carboxylic acid groups (broad SMARTS) is 1. The number of carbonyl (C=O) groups excluding carboxylic acids is 1. The first-order chi connectivity index (χ1) is 15.4. The summed E-state index contributed by atoms with van der Waals surface area (Å²) < 4.78 is 11.3. The molecule has 0 aliphatic carbocycles. The van der Waals surface area contributed by atoms with Gasteiger partial charge < -0.3 is 19.9 Å². The van der Waals surface area contributed by atoms with E-state index in [9.17, 15) is 14.7 Å². The number of aromatic carboxylic acids is 1. The van der Waals surface area contributed by atoms with E-state index in [4.69, 9.17) is 9.47 Å². The third-order valence-corrected chi connectivity index (χ3v) is 6.29. The van der Waals surface area contributed by atoms with Crippen LogP contribution in [0.5, 0.6) is 5.75 Å². The maximum atomic E-state index is 13.6. The molecule has 1 saturated heterocycles. The molecule has 1 fully saturated rings. The lowest BCUT2D eigenvalue weighted by Gasteiger charge is -2.37. The fraction of sp³-hybridized carbons (Fsp3) is 0.462. The molecule has 32 heavy (non-hydrogen) atoms. The maximum Gasteiger partial charge on any atom is 0.335 e. The number of aryl methyl sites for hydroxylation is 1. The van der Waals surface area contributed by atoms with Gasteiger partial charge in [0, 0.05) is 13.2 Å². The Kier molecular flexibility index (Phi) is 7.91. The third kappa shape index (κ3) is 5.30. The second-order valence-corrected chi connectivity index (χ2v) is 8.49. The van der Waals surface area contributed by atoms with Crippen LogP contribution in [0.15, 0.2) is 42.5 Å². The van der Waals surface area contributed by atoms with Crippen molar-refractivity contribution in [2.45, 2.75) is 57.9 Å². The van der Waals surface area contributed by atoms with Gasteiger partial charge in [0.2, 0.25) is 5.91 Å². The van der Waals surface area contributed by atoms with Gasteiger partial charge >= 0.3 is 5.97 Å². The van der Waals surface area contributed by atoms with Crippen molar-refractivity contribution in [1.29, 1.82) is 0 Å². The summed E-state index contributed by atoms with van der Waals surface area (Å²) in [6, 6.07) is 12.6. The van der Waals surface area contributed by atoms with Crippen LogP contribution in [0.1, 0.15) is 72.6 Å². The van der Waals surface area contributed by atoms with Gasteiger partial charge in [-0.05, 0) is 74.1 Å². The summed E-state index contributed by atoms with van der Waals surface area (Å²) in [5, 5.41) is 12.4. The molecule has 6 heteroatoms. The van der Waals surface area contributed by atoms with E-state index in [1.54, 1.807) is 18.2 Å². The minimum Gasteiger partial charge on any atom is -0.494 e. The van der Waals surface area contributed by atoms with Crippen LogP contribution in [0.2, 0.25) is 0 Å². The van der Waals surface area contributed by atoms with Crippen molar-refractivity contribution in [3.8, 4) is 5.75 Å². The highest BCUT2D eigenvalue weighted by molar-refractivity contribution is 5.89. The second-order valence-electron chi connectivity index (χ2n) is 8.49. The maximum absolute atomic E-state index is 13.6. The Labute approximate surface area is 189 Å². The molecule has 3 rings (SSSR count). The first-order valence-electron chi connectivity index (χ1n) is 11.3. The van der Waals surface area contributed by atoms with Gasteiger partial charge in [-0.3, -0.25) is 4.79 Å². The van der Waals surface area contributed by atoms with Gasteiger partial charge in [-0.1, -0.05) is 31.5 Å². The van der Waals surface area contributed by atoms with Gasteiger partial charge in [0.05, 0.1) is 23.6 Å². The Morgan fingerprint density at radius 3 is 2.44 bits per heavy atom. The number of unbranched alkanes of at least 4 members (excludes halogenated alkanes) is 1. The number of benzene rings is 2. The summed E-state index contributed by atoms with van der Waals surface area (Å²) >= 11 is 0. The second kappa shape index (κ2) is 10.6. The van der Waals surface area contributed by atoms with Crippen molar-refractivity contribution in [3.05, 3.63) is 64.7 Å².